The third-order valence-corrected chi connectivity index (χ3v) is 9.71. The Morgan fingerprint density at radius 1 is 1.15 bits per heavy atom. The van der Waals surface area contributed by atoms with Gasteiger partial charge in [0.2, 0.25) is 0 Å². The minimum atomic E-state index is -1.79. The molecule has 2 aliphatic heterocycles. The van der Waals surface area contributed by atoms with Gasteiger partial charge in [-0.2, -0.15) is 0 Å². The molecule has 3 atom stereocenters. The van der Waals surface area contributed by atoms with Crippen molar-refractivity contribution < 1.29 is 32.7 Å². The van der Waals surface area contributed by atoms with Gasteiger partial charge < -0.3 is 19.3 Å². The Labute approximate surface area is 245 Å². The van der Waals surface area contributed by atoms with E-state index in [1.165, 1.54) is 17.4 Å². The van der Waals surface area contributed by atoms with Gasteiger partial charge in [0.25, 0.3) is 0 Å². The fraction of sp³-hybridized carbons (Fsp3) is 0.357. The highest BCUT2D eigenvalue weighted by molar-refractivity contribution is 7.22. The number of hydrogen-bond donors (Lipinski definition) is 1. The molecule has 1 saturated carbocycles. The standard InChI is InChI=1S/C28H21Cl2F2N3O5S/c29-16-2-1-3-17(30)20(16)23-21(24(40-34-23)28(32)6-7-28)26(38)39-15-10-13-4-5-14(11-15)35(13)27-33-22-18(31)8-12(25(36)37)9-19(22)41-27/h1-3,8-9,13-15H,4-7,10-11H2,(H,36,37)/t13-,14+,15+. The van der Waals surface area contributed by atoms with E-state index in [2.05, 4.69) is 15.0 Å². The number of aromatic nitrogens is 2. The number of esters is 1. The van der Waals surface area contributed by atoms with Crippen molar-refractivity contribution in [3.8, 4) is 11.3 Å². The maximum absolute atomic E-state index is 15.2. The second-order valence-electron chi connectivity index (χ2n) is 10.7. The third kappa shape index (κ3) is 4.45. The van der Waals surface area contributed by atoms with E-state index >= 15 is 4.39 Å². The SMILES string of the molecule is O=C(O)c1cc(F)c2nc(N3[C@@H]4CC[C@H]3C[C@@H](OC(=O)c3c(-c5c(Cl)cccc5Cl)noc3C3(F)CC3)C4)sc2c1. The molecule has 0 spiro atoms. The summed E-state index contributed by atoms with van der Waals surface area (Å²) in [6.45, 7) is 0. The zero-order chi connectivity index (χ0) is 28.6. The smallest absolute Gasteiger partial charge is 0.344 e. The summed E-state index contributed by atoms with van der Waals surface area (Å²) in [6.07, 6.45) is 2.58. The lowest BCUT2D eigenvalue weighted by Crippen LogP contribution is -2.46. The number of alkyl halides is 1. The van der Waals surface area contributed by atoms with Crippen LogP contribution in [-0.2, 0) is 10.4 Å². The second kappa shape index (κ2) is 9.64. The summed E-state index contributed by atoms with van der Waals surface area (Å²) in [7, 11) is 0. The Hall–Kier alpha value is -3.28. The van der Waals surface area contributed by atoms with Crippen molar-refractivity contribution in [1.82, 2.24) is 10.1 Å². The van der Waals surface area contributed by atoms with Gasteiger partial charge in [-0.15, -0.1) is 0 Å². The van der Waals surface area contributed by atoms with Crippen LogP contribution in [0.5, 0.6) is 0 Å². The van der Waals surface area contributed by atoms with Gasteiger partial charge in [0.15, 0.2) is 22.4 Å². The number of carbonyl (C=O) groups excluding carboxylic acids is 1. The van der Waals surface area contributed by atoms with Crippen LogP contribution in [0.3, 0.4) is 0 Å². The molecular formula is C28H21Cl2F2N3O5S. The van der Waals surface area contributed by atoms with Crippen LogP contribution >= 0.6 is 34.5 Å². The zero-order valence-corrected chi connectivity index (χ0v) is 23.5. The Morgan fingerprint density at radius 3 is 2.46 bits per heavy atom. The number of carboxylic acids is 1. The van der Waals surface area contributed by atoms with Crippen LogP contribution in [0, 0.1) is 5.82 Å². The molecule has 2 saturated heterocycles. The summed E-state index contributed by atoms with van der Waals surface area (Å²) >= 11 is 14.0. The number of thiazole rings is 1. The molecule has 4 heterocycles. The lowest BCUT2D eigenvalue weighted by molar-refractivity contribution is 0.0198. The quantitative estimate of drug-likeness (QED) is 0.222. The van der Waals surface area contributed by atoms with E-state index in [4.69, 9.17) is 32.5 Å². The van der Waals surface area contributed by atoms with Crippen LogP contribution < -0.4 is 4.90 Å². The number of piperidine rings is 1. The van der Waals surface area contributed by atoms with E-state index in [9.17, 15) is 19.1 Å². The number of ether oxygens (including phenoxy) is 1. The summed E-state index contributed by atoms with van der Waals surface area (Å²) in [5.41, 5.74) is -1.59. The fourth-order valence-electron chi connectivity index (χ4n) is 5.97. The van der Waals surface area contributed by atoms with Gasteiger partial charge in [-0.25, -0.2) is 23.4 Å². The highest BCUT2D eigenvalue weighted by Gasteiger charge is 2.53. The first-order chi connectivity index (χ1) is 19.6. The van der Waals surface area contributed by atoms with Gasteiger partial charge in [-0.3, -0.25) is 0 Å². The molecule has 7 rings (SSSR count). The van der Waals surface area contributed by atoms with Crippen LogP contribution in [0.1, 0.15) is 65.0 Å². The van der Waals surface area contributed by atoms with Crippen LogP contribution in [0.4, 0.5) is 13.9 Å². The number of hydrogen-bond acceptors (Lipinski definition) is 8. The summed E-state index contributed by atoms with van der Waals surface area (Å²) in [6, 6.07) is 7.19. The number of halogens is 4. The molecule has 2 bridgehead atoms. The summed E-state index contributed by atoms with van der Waals surface area (Å²) in [4.78, 5) is 31.6. The molecule has 212 valence electrons. The average Bonchev–Trinajstić information content (AvgIpc) is 3.23. The van der Waals surface area contributed by atoms with Crippen LogP contribution in [-0.4, -0.2) is 45.4 Å². The minimum Gasteiger partial charge on any atom is -0.478 e. The maximum Gasteiger partial charge on any atom is 0.344 e. The van der Waals surface area contributed by atoms with E-state index in [0.717, 1.165) is 18.9 Å². The number of benzene rings is 2. The monoisotopic (exact) mass is 619 g/mol. The molecule has 0 amide bonds. The number of rotatable bonds is 6. The van der Waals surface area contributed by atoms with Crippen LogP contribution in [0.2, 0.25) is 10.0 Å². The molecule has 1 N–H and O–H groups in total. The number of carboxylic acid groups (broad SMARTS) is 1. The summed E-state index contributed by atoms with van der Waals surface area (Å²) < 4.78 is 41.6. The molecule has 13 heteroatoms. The Bertz CT molecular complexity index is 1700. The molecule has 0 radical (unpaired) electrons. The molecule has 2 aromatic carbocycles. The van der Waals surface area contributed by atoms with Crippen molar-refractivity contribution >= 4 is 61.8 Å². The molecule has 8 nitrogen and oxygen atoms in total. The highest BCUT2D eigenvalue weighted by atomic mass is 35.5. The summed E-state index contributed by atoms with van der Waals surface area (Å²) in [5.74, 6) is -2.82. The van der Waals surface area contributed by atoms with Crippen LogP contribution in [0.25, 0.3) is 21.5 Å². The van der Waals surface area contributed by atoms with Crippen molar-refractivity contribution in [2.24, 2.45) is 0 Å². The van der Waals surface area contributed by atoms with E-state index in [1.807, 2.05) is 0 Å². The van der Waals surface area contributed by atoms with Crippen molar-refractivity contribution in [3.63, 3.8) is 0 Å². The second-order valence-corrected chi connectivity index (χ2v) is 12.5. The normalized spacial score (nSPS) is 22.7. The molecule has 2 aromatic heterocycles. The molecule has 4 aromatic rings. The number of fused-ring (bicyclic) bond motifs is 3. The Balaban J connectivity index is 1.15. The van der Waals surface area contributed by atoms with Crippen molar-refractivity contribution in [2.45, 2.75) is 62.4 Å². The highest BCUT2D eigenvalue weighted by Crippen LogP contribution is 2.53. The third-order valence-electron chi connectivity index (χ3n) is 8.06. The Kier molecular flexibility index (Phi) is 6.26. The van der Waals surface area contributed by atoms with E-state index in [0.29, 0.717) is 22.7 Å². The first-order valence-electron chi connectivity index (χ1n) is 13.1. The van der Waals surface area contributed by atoms with Gasteiger partial charge in [0.05, 0.1) is 20.3 Å². The van der Waals surface area contributed by atoms with E-state index in [-0.39, 0.29) is 68.6 Å². The topological polar surface area (TPSA) is 106 Å². The molecule has 3 fully saturated rings. The molecule has 41 heavy (non-hydrogen) atoms. The van der Waals surface area contributed by atoms with Crippen LogP contribution in [0.15, 0.2) is 34.9 Å². The van der Waals surface area contributed by atoms with Gasteiger partial charge in [0, 0.05) is 30.5 Å². The maximum atomic E-state index is 15.2. The van der Waals surface area contributed by atoms with Crippen molar-refractivity contribution in [3.05, 3.63) is 63.1 Å². The number of carbonyl (C=O) groups is 2. The predicted molar refractivity (Wildman–Crippen MR) is 148 cm³/mol. The largest absolute Gasteiger partial charge is 0.478 e. The lowest BCUT2D eigenvalue weighted by Gasteiger charge is -2.38. The average molecular weight is 620 g/mol. The van der Waals surface area contributed by atoms with Gasteiger partial charge in [-0.05, 0) is 49.9 Å². The first-order valence-corrected chi connectivity index (χ1v) is 14.7. The molecule has 1 aliphatic carbocycles. The molecular weight excluding hydrogens is 599 g/mol. The summed E-state index contributed by atoms with van der Waals surface area (Å²) in [5, 5.41) is 14.4. The zero-order valence-electron chi connectivity index (χ0n) is 21.2. The number of nitrogens with zero attached hydrogens (tertiary/aromatic N) is 3. The van der Waals surface area contributed by atoms with Crippen molar-refractivity contribution in [2.75, 3.05) is 4.90 Å². The van der Waals surface area contributed by atoms with E-state index in [1.54, 1.807) is 18.2 Å². The number of aromatic carboxylic acids is 1. The van der Waals surface area contributed by atoms with Gasteiger partial charge >= 0.3 is 11.9 Å². The molecule has 3 aliphatic rings. The Morgan fingerprint density at radius 2 is 1.83 bits per heavy atom. The minimum absolute atomic E-state index is 0.0236. The van der Waals surface area contributed by atoms with E-state index < -0.39 is 29.5 Å². The predicted octanol–water partition coefficient (Wildman–Crippen LogP) is 7.41. The first kappa shape index (κ1) is 26.6. The van der Waals surface area contributed by atoms with Gasteiger partial charge in [-0.1, -0.05) is 45.8 Å². The molecule has 0 unspecified atom stereocenters. The van der Waals surface area contributed by atoms with Crippen molar-refractivity contribution in [1.29, 1.82) is 0 Å². The lowest BCUT2D eigenvalue weighted by atomic mass is 9.99. The fourth-order valence-corrected chi connectivity index (χ4v) is 7.71. The van der Waals surface area contributed by atoms with Gasteiger partial charge in [0.1, 0.15) is 22.9 Å². The number of anilines is 1.